The smallest absolute Gasteiger partial charge is 0.324 e. The highest BCUT2D eigenvalue weighted by molar-refractivity contribution is 5.99. The highest BCUT2D eigenvalue weighted by Gasteiger charge is 2.42. The van der Waals surface area contributed by atoms with Crippen LogP contribution < -0.4 is 16.0 Å². The van der Waals surface area contributed by atoms with Crippen LogP contribution in [0.25, 0.3) is 5.69 Å². The van der Waals surface area contributed by atoms with Gasteiger partial charge in [0.25, 0.3) is 0 Å². The molecule has 2 bridgehead atoms. The van der Waals surface area contributed by atoms with Crippen molar-refractivity contribution >= 4 is 29.1 Å². The van der Waals surface area contributed by atoms with Gasteiger partial charge in [-0.05, 0) is 86.9 Å². The third-order valence-corrected chi connectivity index (χ3v) is 9.07. The second-order valence-corrected chi connectivity index (χ2v) is 13.6. The van der Waals surface area contributed by atoms with Gasteiger partial charge >= 0.3 is 6.03 Å². The summed E-state index contributed by atoms with van der Waals surface area (Å²) >= 11 is 0. The van der Waals surface area contributed by atoms with Gasteiger partial charge in [0.1, 0.15) is 5.82 Å². The first-order valence-corrected chi connectivity index (χ1v) is 16.1. The molecule has 2 fully saturated rings. The van der Waals surface area contributed by atoms with Crippen LogP contribution in [-0.4, -0.2) is 45.2 Å². The first-order chi connectivity index (χ1) is 21.6. The lowest BCUT2D eigenvalue weighted by Crippen LogP contribution is -2.48. The van der Waals surface area contributed by atoms with Crippen molar-refractivity contribution in [1.82, 2.24) is 14.7 Å². The third-order valence-electron chi connectivity index (χ3n) is 9.07. The first-order valence-electron chi connectivity index (χ1n) is 16.1. The van der Waals surface area contributed by atoms with Crippen LogP contribution in [-0.2, 0) is 16.6 Å². The number of anilines is 3. The Morgan fingerprint density at radius 1 is 0.844 bits per heavy atom. The number of aryl methyl sites for hydroxylation is 1. The van der Waals surface area contributed by atoms with Gasteiger partial charge in [-0.25, -0.2) is 9.48 Å². The van der Waals surface area contributed by atoms with Gasteiger partial charge in [-0.1, -0.05) is 68.8 Å². The lowest BCUT2D eigenvalue weighted by molar-refractivity contribution is -0.134. The monoisotopic (exact) mass is 604 g/mol. The zero-order valence-corrected chi connectivity index (χ0v) is 26.7. The number of hydrogen-bond donors (Lipinski definition) is 3. The van der Waals surface area contributed by atoms with E-state index in [1.54, 1.807) is 4.68 Å². The molecule has 0 saturated carbocycles. The Labute approximate surface area is 266 Å². The summed E-state index contributed by atoms with van der Waals surface area (Å²) in [4.78, 5) is 28.3. The number of para-hydroxylation sites is 1. The van der Waals surface area contributed by atoms with E-state index in [-0.39, 0.29) is 17.4 Å². The quantitative estimate of drug-likeness (QED) is 0.194. The van der Waals surface area contributed by atoms with Gasteiger partial charge in [-0.2, -0.15) is 5.10 Å². The summed E-state index contributed by atoms with van der Waals surface area (Å²) in [6, 6.07) is 28.4. The van der Waals surface area contributed by atoms with Gasteiger partial charge in [-0.3, -0.25) is 10.1 Å². The zero-order chi connectivity index (χ0) is 31.6. The first kappa shape index (κ1) is 30.4. The van der Waals surface area contributed by atoms with Crippen LogP contribution in [0.4, 0.5) is 22.0 Å². The molecule has 2 unspecified atom stereocenters. The Morgan fingerprint density at radius 3 is 2.16 bits per heavy atom. The van der Waals surface area contributed by atoms with Gasteiger partial charge < -0.3 is 15.5 Å². The van der Waals surface area contributed by atoms with Crippen molar-refractivity contribution in [2.45, 2.75) is 77.3 Å². The summed E-state index contributed by atoms with van der Waals surface area (Å²) in [5, 5.41) is 14.1. The number of urea groups is 1. The minimum absolute atomic E-state index is 0.163. The fourth-order valence-electron chi connectivity index (χ4n) is 6.74. The predicted octanol–water partition coefficient (Wildman–Crippen LogP) is 7.55. The van der Waals surface area contributed by atoms with Crippen molar-refractivity contribution in [3.63, 3.8) is 0 Å². The third kappa shape index (κ3) is 7.22. The van der Waals surface area contributed by atoms with Crippen LogP contribution in [0, 0.1) is 12.8 Å². The van der Waals surface area contributed by atoms with E-state index in [4.69, 9.17) is 5.10 Å². The number of nitrogens with one attached hydrogen (secondary N) is 3. The molecule has 4 aromatic rings. The molecule has 45 heavy (non-hydrogen) atoms. The largest absolute Gasteiger partial charge is 0.376 e. The van der Waals surface area contributed by atoms with Crippen molar-refractivity contribution in [2.24, 2.45) is 5.92 Å². The number of amides is 3. The molecule has 0 spiro atoms. The molecular formula is C37H44N6O2. The molecule has 2 aliphatic rings. The maximum atomic E-state index is 13.1. The molecule has 3 aromatic carbocycles. The van der Waals surface area contributed by atoms with E-state index in [2.05, 4.69) is 53.8 Å². The SMILES string of the molecule is Cc1ccc(-n2nc(C(C)(C)C)cc2NC(=O)Nc2ccc(CC3CC4CCC(C3)N4C(=O)CNc3ccccc3)cc2)cc1. The highest BCUT2D eigenvalue weighted by Crippen LogP contribution is 2.40. The second kappa shape index (κ2) is 12.8. The molecule has 0 aliphatic carbocycles. The van der Waals surface area contributed by atoms with Crippen molar-refractivity contribution < 1.29 is 9.59 Å². The zero-order valence-electron chi connectivity index (χ0n) is 26.7. The molecule has 2 saturated heterocycles. The van der Waals surface area contributed by atoms with E-state index in [1.165, 1.54) is 5.56 Å². The van der Waals surface area contributed by atoms with Gasteiger partial charge in [0.05, 0.1) is 17.9 Å². The number of carbonyl (C=O) groups is 2. The Kier molecular flexibility index (Phi) is 8.65. The summed E-state index contributed by atoms with van der Waals surface area (Å²) < 4.78 is 1.79. The molecular weight excluding hydrogens is 560 g/mol. The van der Waals surface area contributed by atoms with Crippen molar-refractivity contribution in [2.75, 3.05) is 22.5 Å². The number of nitrogens with zero attached hydrogens (tertiary/aromatic N) is 3. The molecule has 2 atom stereocenters. The van der Waals surface area contributed by atoms with Crippen molar-refractivity contribution in [3.8, 4) is 5.69 Å². The predicted molar refractivity (Wildman–Crippen MR) is 181 cm³/mol. The summed E-state index contributed by atoms with van der Waals surface area (Å²) in [5.74, 6) is 1.37. The lowest BCUT2D eigenvalue weighted by atomic mass is 9.85. The number of piperidine rings is 1. The van der Waals surface area contributed by atoms with Gasteiger partial charge in [0.2, 0.25) is 5.91 Å². The van der Waals surface area contributed by atoms with Crippen molar-refractivity contribution in [1.29, 1.82) is 0 Å². The number of carbonyl (C=O) groups excluding carboxylic acids is 2. The van der Waals surface area contributed by atoms with Gasteiger partial charge in [-0.15, -0.1) is 0 Å². The molecule has 0 radical (unpaired) electrons. The van der Waals surface area contributed by atoms with Crippen LogP contribution in [0.1, 0.15) is 63.3 Å². The standard InChI is InChI=1S/C37H44N6O2/c1-25-10-16-30(17-11-25)43-34(23-33(41-43)37(2,3)4)40-36(45)39-29-14-12-26(13-15-29)20-27-21-31-18-19-32(22-27)42(31)35(44)24-38-28-8-6-5-7-9-28/h5-17,23,27,31-32,38H,18-22,24H2,1-4H3,(H2,39,40,45). The van der Waals surface area contributed by atoms with E-state index in [1.807, 2.05) is 79.7 Å². The Hall–Kier alpha value is -4.59. The molecule has 8 heteroatoms. The maximum Gasteiger partial charge on any atom is 0.324 e. The minimum atomic E-state index is -0.313. The topological polar surface area (TPSA) is 91.3 Å². The number of aromatic nitrogens is 2. The summed E-state index contributed by atoms with van der Waals surface area (Å²) in [6.45, 7) is 8.72. The molecule has 234 valence electrons. The number of rotatable bonds is 8. The molecule has 2 aliphatic heterocycles. The number of fused-ring (bicyclic) bond motifs is 2. The van der Waals surface area contributed by atoms with E-state index in [0.29, 0.717) is 30.4 Å². The fourth-order valence-corrected chi connectivity index (χ4v) is 6.74. The minimum Gasteiger partial charge on any atom is -0.376 e. The molecule has 8 nitrogen and oxygen atoms in total. The Bertz CT molecular complexity index is 1610. The molecule has 3 amide bonds. The number of hydrogen-bond acceptors (Lipinski definition) is 4. The van der Waals surface area contributed by atoms with Crippen LogP contribution in [0.2, 0.25) is 0 Å². The van der Waals surface area contributed by atoms with E-state index in [9.17, 15) is 9.59 Å². The summed E-state index contributed by atoms with van der Waals surface area (Å²) in [7, 11) is 0. The molecule has 3 N–H and O–H groups in total. The number of benzene rings is 3. The highest BCUT2D eigenvalue weighted by atomic mass is 16.2. The van der Waals surface area contributed by atoms with Crippen LogP contribution >= 0.6 is 0 Å². The normalized spacial score (nSPS) is 19.3. The van der Waals surface area contributed by atoms with Crippen LogP contribution in [0.5, 0.6) is 0 Å². The van der Waals surface area contributed by atoms with Crippen LogP contribution in [0.3, 0.4) is 0 Å². The maximum absolute atomic E-state index is 13.1. The van der Waals surface area contributed by atoms with E-state index in [0.717, 1.165) is 60.4 Å². The van der Waals surface area contributed by atoms with Gasteiger partial charge in [0, 0.05) is 34.9 Å². The van der Waals surface area contributed by atoms with E-state index < -0.39 is 0 Å². The molecule has 1 aromatic heterocycles. The second-order valence-electron chi connectivity index (χ2n) is 13.6. The Morgan fingerprint density at radius 2 is 1.51 bits per heavy atom. The Balaban J connectivity index is 1.03. The fraction of sp³-hybridized carbons (Fsp3) is 0.378. The van der Waals surface area contributed by atoms with Crippen molar-refractivity contribution in [3.05, 3.63) is 102 Å². The molecule has 3 heterocycles. The molecule has 6 rings (SSSR count). The average molecular weight is 605 g/mol. The summed E-state index contributed by atoms with van der Waals surface area (Å²) in [5.41, 5.74) is 5.76. The average Bonchev–Trinajstić information content (AvgIpc) is 3.56. The van der Waals surface area contributed by atoms with Crippen LogP contribution in [0.15, 0.2) is 84.9 Å². The van der Waals surface area contributed by atoms with E-state index >= 15 is 0 Å². The lowest BCUT2D eigenvalue weighted by Gasteiger charge is -2.39. The summed E-state index contributed by atoms with van der Waals surface area (Å²) in [6.07, 6.45) is 5.25. The van der Waals surface area contributed by atoms with Gasteiger partial charge in [0.15, 0.2) is 0 Å².